The van der Waals surface area contributed by atoms with E-state index in [0.29, 0.717) is 13.0 Å². The highest BCUT2D eigenvalue weighted by atomic mass is 16.1. The molecule has 1 atom stereocenters. The molecular formula is C21H28N4O. The molecule has 0 aliphatic rings. The van der Waals surface area contributed by atoms with Gasteiger partial charge < -0.3 is 9.88 Å². The lowest BCUT2D eigenvalue weighted by Crippen LogP contribution is -2.30. The Balaban J connectivity index is 1.56. The van der Waals surface area contributed by atoms with Crippen LogP contribution in [-0.2, 0) is 18.3 Å². The van der Waals surface area contributed by atoms with E-state index < -0.39 is 0 Å². The number of nitrogens with one attached hydrogen (secondary N) is 1. The number of carbonyl (C=O) groups is 1. The number of para-hydroxylation sites is 1. The standard InChI is InChI=1S/C21H28N4O/c1-14(25-17(4)15(2)16(3)23-25)12-22-21(26)11-10-18-13-24(5)20-9-7-6-8-19(18)20/h6-9,13-14H,10-12H2,1-5H3,(H,22,26). The van der Waals surface area contributed by atoms with Crippen LogP contribution in [0.2, 0.25) is 0 Å². The molecule has 2 aromatic heterocycles. The lowest BCUT2D eigenvalue weighted by Gasteiger charge is -2.15. The van der Waals surface area contributed by atoms with Crippen molar-refractivity contribution in [2.75, 3.05) is 6.54 Å². The molecule has 5 heteroatoms. The smallest absolute Gasteiger partial charge is 0.220 e. The van der Waals surface area contributed by atoms with Gasteiger partial charge in [0.1, 0.15) is 0 Å². The molecule has 0 bridgehead atoms. The summed E-state index contributed by atoms with van der Waals surface area (Å²) in [5.74, 6) is 0.0861. The van der Waals surface area contributed by atoms with E-state index in [0.717, 1.165) is 12.1 Å². The third-order valence-corrected chi connectivity index (χ3v) is 5.30. The second kappa shape index (κ2) is 7.36. The fourth-order valence-electron chi connectivity index (χ4n) is 3.48. The van der Waals surface area contributed by atoms with E-state index in [2.05, 4.69) is 54.1 Å². The van der Waals surface area contributed by atoms with Crippen molar-refractivity contribution in [1.82, 2.24) is 19.7 Å². The van der Waals surface area contributed by atoms with Crippen LogP contribution in [0.3, 0.4) is 0 Å². The third kappa shape index (κ3) is 3.52. The monoisotopic (exact) mass is 352 g/mol. The van der Waals surface area contributed by atoms with Gasteiger partial charge in [-0.1, -0.05) is 18.2 Å². The van der Waals surface area contributed by atoms with Gasteiger partial charge >= 0.3 is 0 Å². The number of aromatic nitrogens is 3. The third-order valence-electron chi connectivity index (χ3n) is 5.30. The Morgan fingerprint density at radius 2 is 1.96 bits per heavy atom. The average Bonchev–Trinajstić information content (AvgIpc) is 3.09. The van der Waals surface area contributed by atoms with Crippen molar-refractivity contribution in [2.24, 2.45) is 7.05 Å². The van der Waals surface area contributed by atoms with E-state index in [-0.39, 0.29) is 11.9 Å². The van der Waals surface area contributed by atoms with Crippen LogP contribution in [0.4, 0.5) is 0 Å². The predicted molar refractivity (Wildman–Crippen MR) is 105 cm³/mol. The summed E-state index contributed by atoms with van der Waals surface area (Å²) in [5.41, 5.74) is 5.87. The number of benzene rings is 1. The number of carbonyl (C=O) groups excluding carboxylic acids is 1. The number of rotatable bonds is 6. The van der Waals surface area contributed by atoms with Crippen molar-refractivity contribution < 1.29 is 4.79 Å². The van der Waals surface area contributed by atoms with E-state index in [1.54, 1.807) is 0 Å². The molecule has 0 saturated heterocycles. The first kappa shape index (κ1) is 18.2. The molecule has 0 spiro atoms. The molecule has 0 fully saturated rings. The van der Waals surface area contributed by atoms with Crippen molar-refractivity contribution in [2.45, 2.75) is 46.6 Å². The lowest BCUT2D eigenvalue weighted by atomic mass is 10.1. The number of amides is 1. The van der Waals surface area contributed by atoms with Gasteiger partial charge in [0, 0.05) is 42.8 Å². The van der Waals surface area contributed by atoms with Gasteiger partial charge in [-0.3, -0.25) is 9.48 Å². The summed E-state index contributed by atoms with van der Waals surface area (Å²) >= 11 is 0. The van der Waals surface area contributed by atoms with Gasteiger partial charge in [-0.05, 0) is 51.3 Å². The molecule has 0 saturated carbocycles. The van der Waals surface area contributed by atoms with E-state index in [9.17, 15) is 4.79 Å². The molecule has 1 N–H and O–H groups in total. The minimum Gasteiger partial charge on any atom is -0.354 e. The molecule has 1 aromatic carbocycles. The molecule has 0 aliphatic carbocycles. The number of hydrogen-bond acceptors (Lipinski definition) is 2. The van der Waals surface area contributed by atoms with E-state index >= 15 is 0 Å². The van der Waals surface area contributed by atoms with Crippen molar-refractivity contribution in [1.29, 1.82) is 0 Å². The summed E-state index contributed by atoms with van der Waals surface area (Å²) in [7, 11) is 2.05. The molecule has 1 unspecified atom stereocenters. The first-order valence-corrected chi connectivity index (χ1v) is 9.20. The van der Waals surface area contributed by atoms with Crippen molar-refractivity contribution in [3.8, 4) is 0 Å². The normalized spacial score (nSPS) is 12.5. The summed E-state index contributed by atoms with van der Waals surface area (Å²) in [4.78, 5) is 12.3. The number of nitrogens with zero attached hydrogens (tertiary/aromatic N) is 3. The maximum Gasteiger partial charge on any atom is 0.220 e. The fourth-order valence-corrected chi connectivity index (χ4v) is 3.48. The first-order chi connectivity index (χ1) is 12.4. The molecular weight excluding hydrogens is 324 g/mol. The minimum absolute atomic E-state index is 0.0861. The molecule has 2 heterocycles. The van der Waals surface area contributed by atoms with E-state index in [1.807, 2.05) is 30.8 Å². The highest BCUT2D eigenvalue weighted by Gasteiger charge is 2.14. The number of aryl methyl sites for hydroxylation is 3. The Morgan fingerprint density at radius 1 is 1.23 bits per heavy atom. The lowest BCUT2D eigenvalue weighted by molar-refractivity contribution is -0.121. The highest BCUT2D eigenvalue weighted by Crippen LogP contribution is 2.21. The second-order valence-electron chi connectivity index (χ2n) is 7.18. The molecule has 138 valence electrons. The number of hydrogen-bond donors (Lipinski definition) is 1. The zero-order chi connectivity index (χ0) is 18.8. The summed E-state index contributed by atoms with van der Waals surface area (Å²) < 4.78 is 4.13. The predicted octanol–water partition coefficient (Wildman–Crippen LogP) is 3.61. The topological polar surface area (TPSA) is 51.9 Å². The zero-order valence-corrected chi connectivity index (χ0v) is 16.3. The molecule has 0 radical (unpaired) electrons. The van der Waals surface area contributed by atoms with Crippen molar-refractivity contribution in [3.63, 3.8) is 0 Å². The first-order valence-electron chi connectivity index (χ1n) is 9.20. The van der Waals surface area contributed by atoms with Crippen LogP contribution < -0.4 is 5.32 Å². The number of fused-ring (bicyclic) bond motifs is 1. The Hall–Kier alpha value is -2.56. The van der Waals surface area contributed by atoms with E-state index in [4.69, 9.17) is 0 Å². The van der Waals surface area contributed by atoms with Gasteiger partial charge in [-0.15, -0.1) is 0 Å². The highest BCUT2D eigenvalue weighted by molar-refractivity contribution is 5.84. The van der Waals surface area contributed by atoms with Gasteiger partial charge in [0.15, 0.2) is 0 Å². The summed E-state index contributed by atoms with van der Waals surface area (Å²) in [6, 6.07) is 8.46. The molecule has 26 heavy (non-hydrogen) atoms. The molecule has 5 nitrogen and oxygen atoms in total. The minimum atomic E-state index is 0.0861. The van der Waals surface area contributed by atoms with Crippen molar-refractivity contribution in [3.05, 3.63) is 53.0 Å². The second-order valence-corrected chi connectivity index (χ2v) is 7.18. The Morgan fingerprint density at radius 3 is 2.65 bits per heavy atom. The summed E-state index contributed by atoms with van der Waals surface area (Å²) in [6.45, 7) is 8.87. The maximum absolute atomic E-state index is 12.3. The molecule has 3 aromatic rings. The van der Waals surface area contributed by atoms with Crippen LogP contribution in [0.15, 0.2) is 30.5 Å². The van der Waals surface area contributed by atoms with Gasteiger partial charge in [0.25, 0.3) is 0 Å². The SMILES string of the molecule is Cc1nn(C(C)CNC(=O)CCc2cn(C)c3ccccc23)c(C)c1C. The summed E-state index contributed by atoms with van der Waals surface area (Å²) in [5, 5.41) is 8.87. The quantitative estimate of drug-likeness (QED) is 0.737. The summed E-state index contributed by atoms with van der Waals surface area (Å²) in [6.07, 6.45) is 3.37. The van der Waals surface area contributed by atoms with Crippen LogP contribution in [0.5, 0.6) is 0 Å². The van der Waals surface area contributed by atoms with Crippen LogP contribution in [0.1, 0.15) is 41.9 Å². The van der Waals surface area contributed by atoms with Crippen molar-refractivity contribution >= 4 is 16.8 Å². The Labute approximate surface area is 155 Å². The molecule has 0 aliphatic heterocycles. The van der Waals surface area contributed by atoms with Crippen LogP contribution >= 0.6 is 0 Å². The van der Waals surface area contributed by atoms with E-state index in [1.165, 1.54) is 27.7 Å². The maximum atomic E-state index is 12.3. The van der Waals surface area contributed by atoms with Gasteiger partial charge in [0.2, 0.25) is 5.91 Å². The Kier molecular flexibility index (Phi) is 5.16. The van der Waals surface area contributed by atoms with Crippen LogP contribution in [0, 0.1) is 20.8 Å². The van der Waals surface area contributed by atoms with Gasteiger partial charge in [-0.2, -0.15) is 5.10 Å². The van der Waals surface area contributed by atoms with Gasteiger partial charge in [-0.25, -0.2) is 0 Å². The largest absolute Gasteiger partial charge is 0.354 e. The Bertz CT molecular complexity index is 935. The average molecular weight is 352 g/mol. The van der Waals surface area contributed by atoms with Gasteiger partial charge in [0.05, 0.1) is 11.7 Å². The zero-order valence-electron chi connectivity index (χ0n) is 16.3. The molecule has 1 amide bonds. The fraction of sp³-hybridized carbons (Fsp3) is 0.429. The molecule has 3 rings (SSSR count). The van der Waals surface area contributed by atoms with Crippen LogP contribution in [-0.4, -0.2) is 26.8 Å². The van der Waals surface area contributed by atoms with Crippen LogP contribution in [0.25, 0.3) is 10.9 Å².